The minimum Gasteiger partial charge on any atom is -0.237 e. The van der Waals surface area contributed by atoms with Gasteiger partial charge in [0.25, 0.3) is 0 Å². The molecule has 0 saturated heterocycles. The Morgan fingerprint density at radius 1 is 0.864 bits per heavy atom. The SMILES string of the molecule is CCCCCCCCn1cc[n+](CCCCCCC(C)C)c1. The van der Waals surface area contributed by atoms with Gasteiger partial charge in [0.15, 0.2) is 0 Å². The van der Waals surface area contributed by atoms with Crippen LogP contribution in [-0.2, 0) is 13.1 Å². The van der Waals surface area contributed by atoms with E-state index in [-0.39, 0.29) is 0 Å². The van der Waals surface area contributed by atoms with Gasteiger partial charge in [-0.2, -0.15) is 0 Å². The molecule has 0 fully saturated rings. The van der Waals surface area contributed by atoms with E-state index >= 15 is 0 Å². The minimum absolute atomic E-state index is 0.866. The van der Waals surface area contributed by atoms with Gasteiger partial charge in [-0.3, -0.25) is 0 Å². The summed E-state index contributed by atoms with van der Waals surface area (Å²) in [7, 11) is 0. The third-order valence-corrected chi connectivity index (χ3v) is 4.46. The first-order valence-electron chi connectivity index (χ1n) is 9.77. The molecular weight excluding hydrogens is 268 g/mol. The first-order valence-corrected chi connectivity index (χ1v) is 9.77. The van der Waals surface area contributed by atoms with Gasteiger partial charge in [0, 0.05) is 0 Å². The zero-order valence-corrected chi connectivity index (χ0v) is 15.4. The molecule has 2 heteroatoms. The fourth-order valence-electron chi connectivity index (χ4n) is 2.98. The van der Waals surface area contributed by atoms with Gasteiger partial charge in [0.05, 0.1) is 13.1 Å². The highest BCUT2D eigenvalue weighted by Gasteiger charge is 2.03. The molecule has 0 aliphatic heterocycles. The number of rotatable bonds is 14. The van der Waals surface area contributed by atoms with Gasteiger partial charge in [-0.1, -0.05) is 65.7 Å². The van der Waals surface area contributed by atoms with Crippen LogP contribution in [0.3, 0.4) is 0 Å². The summed E-state index contributed by atoms with van der Waals surface area (Å²) in [4.78, 5) is 0. The van der Waals surface area contributed by atoms with Crippen molar-refractivity contribution in [3.05, 3.63) is 18.7 Å². The lowest BCUT2D eigenvalue weighted by Crippen LogP contribution is -2.30. The molecule has 128 valence electrons. The third kappa shape index (κ3) is 10.0. The highest BCUT2D eigenvalue weighted by Crippen LogP contribution is 2.09. The molecule has 0 spiro atoms. The second kappa shape index (κ2) is 12.7. The predicted octanol–water partition coefficient (Wildman–Crippen LogP) is 5.74. The van der Waals surface area contributed by atoms with Crippen LogP contribution in [0.25, 0.3) is 0 Å². The lowest BCUT2D eigenvalue weighted by molar-refractivity contribution is -0.696. The third-order valence-electron chi connectivity index (χ3n) is 4.46. The van der Waals surface area contributed by atoms with E-state index in [9.17, 15) is 0 Å². The molecule has 0 aromatic carbocycles. The first kappa shape index (κ1) is 19.3. The Balaban J connectivity index is 2.01. The average molecular weight is 308 g/mol. The summed E-state index contributed by atoms with van der Waals surface area (Å²) >= 11 is 0. The first-order chi connectivity index (χ1) is 10.7. The number of aryl methyl sites for hydroxylation is 2. The van der Waals surface area contributed by atoms with Crippen molar-refractivity contribution in [1.29, 1.82) is 0 Å². The standard InChI is InChI=1S/C20H39N2/c1-4-5-6-7-9-12-15-21-17-18-22(19-21)16-13-10-8-11-14-20(2)3/h17-20H,4-16H2,1-3H3/q+1. The second-order valence-corrected chi connectivity index (χ2v) is 7.25. The van der Waals surface area contributed by atoms with Crippen LogP contribution >= 0.6 is 0 Å². The maximum absolute atomic E-state index is 2.36. The molecule has 0 unspecified atom stereocenters. The van der Waals surface area contributed by atoms with Crippen molar-refractivity contribution in [3.8, 4) is 0 Å². The van der Waals surface area contributed by atoms with E-state index in [1.165, 1.54) is 83.7 Å². The molecule has 0 saturated carbocycles. The van der Waals surface area contributed by atoms with Gasteiger partial charge in [0.2, 0.25) is 6.33 Å². The van der Waals surface area contributed by atoms with Crippen molar-refractivity contribution >= 4 is 0 Å². The summed E-state index contributed by atoms with van der Waals surface area (Å²) in [5, 5.41) is 0. The Labute approximate surface area is 138 Å². The number of imidazole rings is 1. The van der Waals surface area contributed by atoms with E-state index in [0.29, 0.717) is 0 Å². The van der Waals surface area contributed by atoms with Crippen molar-refractivity contribution in [3.63, 3.8) is 0 Å². The minimum atomic E-state index is 0.866. The van der Waals surface area contributed by atoms with Gasteiger partial charge in [-0.25, -0.2) is 9.13 Å². The molecule has 0 N–H and O–H groups in total. The van der Waals surface area contributed by atoms with Gasteiger partial charge < -0.3 is 0 Å². The summed E-state index contributed by atoms with van der Waals surface area (Å²) in [6.07, 6.45) is 21.9. The average Bonchev–Trinajstić information content (AvgIpc) is 2.94. The van der Waals surface area contributed by atoms with Gasteiger partial charge >= 0.3 is 0 Å². The summed E-state index contributed by atoms with van der Waals surface area (Å²) in [6.45, 7) is 9.30. The Morgan fingerprint density at radius 3 is 2.32 bits per heavy atom. The smallest absolute Gasteiger partial charge is 0.237 e. The van der Waals surface area contributed by atoms with E-state index in [0.717, 1.165) is 5.92 Å². The highest BCUT2D eigenvalue weighted by atomic mass is 15.1. The van der Waals surface area contributed by atoms with Gasteiger partial charge in [-0.05, 0) is 31.6 Å². The van der Waals surface area contributed by atoms with Crippen LogP contribution in [-0.4, -0.2) is 4.57 Å². The Bertz CT molecular complexity index is 354. The van der Waals surface area contributed by atoms with Gasteiger partial charge in [0.1, 0.15) is 12.4 Å². The molecule has 0 radical (unpaired) electrons. The van der Waals surface area contributed by atoms with Crippen molar-refractivity contribution in [2.45, 2.75) is 104 Å². The van der Waals surface area contributed by atoms with E-state index in [4.69, 9.17) is 0 Å². The van der Waals surface area contributed by atoms with Crippen LogP contribution in [0.5, 0.6) is 0 Å². The van der Waals surface area contributed by atoms with E-state index < -0.39 is 0 Å². The summed E-state index contributed by atoms with van der Waals surface area (Å²) in [5.41, 5.74) is 0. The van der Waals surface area contributed by atoms with Crippen LogP contribution in [0.15, 0.2) is 18.7 Å². The molecule has 1 aromatic heterocycles. The molecule has 2 nitrogen and oxygen atoms in total. The quantitative estimate of drug-likeness (QED) is 0.306. The van der Waals surface area contributed by atoms with Crippen molar-refractivity contribution in [2.24, 2.45) is 5.92 Å². The summed E-state index contributed by atoms with van der Waals surface area (Å²) < 4.78 is 4.72. The Kier molecular flexibility index (Phi) is 11.1. The molecule has 0 bridgehead atoms. The number of hydrogen-bond acceptors (Lipinski definition) is 0. The zero-order chi connectivity index (χ0) is 16.0. The number of unbranched alkanes of at least 4 members (excludes halogenated alkanes) is 8. The van der Waals surface area contributed by atoms with Crippen LogP contribution in [0.1, 0.15) is 91.4 Å². The van der Waals surface area contributed by atoms with Crippen LogP contribution in [0, 0.1) is 5.92 Å². The van der Waals surface area contributed by atoms with Crippen molar-refractivity contribution < 1.29 is 4.57 Å². The number of nitrogens with zero attached hydrogens (tertiary/aromatic N) is 2. The summed E-state index contributed by atoms with van der Waals surface area (Å²) in [5.74, 6) is 0.866. The fourth-order valence-corrected chi connectivity index (χ4v) is 2.98. The number of aromatic nitrogens is 2. The van der Waals surface area contributed by atoms with Crippen LogP contribution in [0.4, 0.5) is 0 Å². The van der Waals surface area contributed by atoms with Crippen LogP contribution < -0.4 is 4.57 Å². The summed E-state index contributed by atoms with van der Waals surface area (Å²) in [6, 6.07) is 0. The molecule has 1 aromatic rings. The Hall–Kier alpha value is -0.790. The molecule has 1 heterocycles. The van der Waals surface area contributed by atoms with Gasteiger partial charge in [-0.15, -0.1) is 0 Å². The molecule has 0 atom stereocenters. The molecule has 0 amide bonds. The van der Waals surface area contributed by atoms with Crippen molar-refractivity contribution in [2.75, 3.05) is 0 Å². The zero-order valence-electron chi connectivity index (χ0n) is 15.4. The second-order valence-electron chi connectivity index (χ2n) is 7.25. The Morgan fingerprint density at radius 2 is 1.55 bits per heavy atom. The fraction of sp³-hybridized carbons (Fsp3) is 0.850. The topological polar surface area (TPSA) is 8.81 Å². The molecule has 1 rings (SSSR count). The van der Waals surface area contributed by atoms with E-state index in [2.05, 4.69) is 48.6 Å². The van der Waals surface area contributed by atoms with Crippen molar-refractivity contribution in [1.82, 2.24) is 4.57 Å². The lowest BCUT2D eigenvalue weighted by Gasteiger charge is -2.03. The maximum Gasteiger partial charge on any atom is 0.243 e. The lowest BCUT2D eigenvalue weighted by atomic mass is 10.0. The van der Waals surface area contributed by atoms with Crippen LogP contribution in [0.2, 0.25) is 0 Å². The molecule has 0 aliphatic rings. The molecule has 22 heavy (non-hydrogen) atoms. The molecule has 0 aliphatic carbocycles. The largest absolute Gasteiger partial charge is 0.243 e. The highest BCUT2D eigenvalue weighted by molar-refractivity contribution is 4.66. The maximum atomic E-state index is 2.36. The monoisotopic (exact) mass is 307 g/mol. The van der Waals surface area contributed by atoms with E-state index in [1.54, 1.807) is 0 Å². The number of hydrogen-bond donors (Lipinski definition) is 0. The molecular formula is C20H39N2+. The van der Waals surface area contributed by atoms with E-state index in [1.807, 2.05) is 0 Å². The predicted molar refractivity (Wildman–Crippen MR) is 95.9 cm³/mol. The normalized spacial score (nSPS) is 11.5.